The predicted molar refractivity (Wildman–Crippen MR) is 81.8 cm³/mol. The molecule has 0 saturated carbocycles. The molecule has 0 fully saturated rings. The third kappa shape index (κ3) is 3.37. The Balaban J connectivity index is 1.99. The smallest absolute Gasteiger partial charge is 0.417 e. The second-order valence-electron chi connectivity index (χ2n) is 5.13. The van der Waals surface area contributed by atoms with Crippen LogP contribution in [0.3, 0.4) is 0 Å². The van der Waals surface area contributed by atoms with Crippen LogP contribution in [0.15, 0.2) is 57.7 Å². The number of para-hydroxylation sites is 1. The number of carbonyl (C=O) groups excluding carboxylic acids is 1. The standard InChI is InChI=1S/C17H9F4NO3/c18-10-6-5-9-7-14(25-16(24)11(9)8-10)15(23)22-13-4-2-1-3-12(13)17(19,20)21/h1-8H,(H,22,23). The lowest BCUT2D eigenvalue weighted by atomic mass is 10.1. The van der Waals surface area contributed by atoms with Crippen LogP contribution in [0, 0.1) is 5.82 Å². The molecule has 4 nitrogen and oxygen atoms in total. The number of amides is 1. The first-order valence-electron chi connectivity index (χ1n) is 6.97. The van der Waals surface area contributed by atoms with E-state index in [1.54, 1.807) is 0 Å². The molecular formula is C17H9F4NO3. The topological polar surface area (TPSA) is 59.3 Å². The van der Waals surface area contributed by atoms with Crippen LogP contribution >= 0.6 is 0 Å². The summed E-state index contributed by atoms with van der Waals surface area (Å²) < 4.78 is 56.8. The quantitative estimate of drug-likeness (QED) is 0.704. The van der Waals surface area contributed by atoms with Gasteiger partial charge in [-0.15, -0.1) is 0 Å². The van der Waals surface area contributed by atoms with Gasteiger partial charge >= 0.3 is 11.8 Å². The van der Waals surface area contributed by atoms with Gasteiger partial charge in [0, 0.05) is 0 Å². The molecule has 1 N–H and O–H groups in total. The number of carbonyl (C=O) groups is 1. The maximum absolute atomic E-state index is 13.2. The molecule has 0 aliphatic carbocycles. The van der Waals surface area contributed by atoms with Crippen LogP contribution in [0.25, 0.3) is 10.8 Å². The number of hydrogen-bond acceptors (Lipinski definition) is 3. The normalized spacial score (nSPS) is 11.5. The average Bonchev–Trinajstić information content (AvgIpc) is 2.55. The molecule has 0 radical (unpaired) electrons. The van der Waals surface area contributed by atoms with E-state index in [1.165, 1.54) is 18.2 Å². The molecule has 0 spiro atoms. The Labute approximate surface area is 137 Å². The van der Waals surface area contributed by atoms with E-state index in [0.717, 1.165) is 30.3 Å². The summed E-state index contributed by atoms with van der Waals surface area (Å²) in [4.78, 5) is 24.0. The maximum atomic E-state index is 13.2. The van der Waals surface area contributed by atoms with E-state index >= 15 is 0 Å². The van der Waals surface area contributed by atoms with Gasteiger partial charge < -0.3 is 9.73 Å². The Kier molecular flexibility index (Phi) is 4.03. The van der Waals surface area contributed by atoms with Crippen LogP contribution in [0.2, 0.25) is 0 Å². The zero-order chi connectivity index (χ0) is 18.2. The van der Waals surface area contributed by atoms with Crippen molar-refractivity contribution >= 4 is 22.4 Å². The summed E-state index contributed by atoms with van der Waals surface area (Å²) in [5.74, 6) is -2.17. The molecule has 3 rings (SSSR count). The minimum Gasteiger partial charge on any atom is -0.417 e. The third-order valence-electron chi connectivity index (χ3n) is 3.43. The van der Waals surface area contributed by atoms with Crippen LogP contribution < -0.4 is 10.9 Å². The van der Waals surface area contributed by atoms with E-state index in [-0.39, 0.29) is 10.8 Å². The Hall–Kier alpha value is -3.16. The van der Waals surface area contributed by atoms with Crippen molar-refractivity contribution in [1.82, 2.24) is 0 Å². The second kappa shape index (κ2) is 6.04. The highest BCUT2D eigenvalue weighted by molar-refractivity contribution is 6.04. The molecular weight excluding hydrogens is 342 g/mol. The van der Waals surface area contributed by atoms with Crippen LogP contribution in [0.5, 0.6) is 0 Å². The molecule has 25 heavy (non-hydrogen) atoms. The highest BCUT2D eigenvalue weighted by atomic mass is 19.4. The number of anilines is 1. The Morgan fingerprint density at radius 1 is 1.04 bits per heavy atom. The fourth-order valence-electron chi connectivity index (χ4n) is 2.29. The Morgan fingerprint density at radius 2 is 1.76 bits per heavy atom. The molecule has 1 amide bonds. The summed E-state index contributed by atoms with van der Waals surface area (Å²) in [6.07, 6.45) is -4.66. The van der Waals surface area contributed by atoms with Gasteiger partial charge in [0.25, 0.3) is 5.91 Å². The van der Waals surface area contributed by atoms with Crippen molar-refractivity contribution in [2.45, 2.75) is 6.18 Å². The molecule has 1 heterocycles. The van der Waals surface area contributed by atoms with Crippen molar-refractivity contribution in [2.75, 3.05) is 5.32 Å². The lowest BCUT2D eigenvalue weighted by Gasteiger charge is -2.13. The number of hydrogen-bond donors (Lipinski definition) is 1. The number of nitrogens with one attached hydrogen (secondary N) is 1. The number of alkyl halides is 3. The van der Waals surface area contributed by atoms with E-state index in [1.807, 2.05) is 0 Å². The third-order valence-corrected chi connectivity index (χ3v) is 3.43. The van der Waals surface area contributed by atoms with E-state index < -0.39 is 40.5 Å². The fraction of sp³-hybridized carbons (Fsp3) is 0.0588. The molecule has 0 saturated heterocycles. The van der Waals surface area contributed by atoms with Crippen molar-refractivity contribution in [1.29, 1.82) is 0 Å². The van der Waals surface area contributed by atoms with Gasteiger partial charge in [-0.3, -0.25) is 4.79 Å². The van der Waals surface area contributed by atoms with Gasteiger partial charge in [0.2, 0.25) is 0 Å². The van der Waals surface area contributed by atoms with E-state index in [9.17, 15) is 27.2 Å². The lowest BCUT2D eigenvalue weighted by molar-refractivity contribution is -0.136. The molecule has 3 aromatic rings. The van der Waals surface area contributed by atoms with Crippen LogP contribution in [0.1, 0.15) is 16.1 Å². The molecule has 0 bridgehead atoms. The maximum Gasteiger partial charge on any atom is 0.418 e. The monoisotopic (exact) mass is 351 g/mol. The zero-order valence-corrected chi connectivity index (χ0v) is 12.4. The van der Waals surface area contributed by atoms with Crippen LogP contribution in [0.4, 0.5) is 23.2 Å². The summed E-state index contributed by atoms with van der Waals surface area (Å²) in [7, 11) is 0. The highest BCUT2D eigenvalue weighted by Gasteiger charge is 2.33. The molecule has 2 aromatic carbocycles. The van der Waals surface area contributed by atoms with Crippen molar-refractivity contribution in [3.05, 3.63) is 76.1 Å². The summed E-state index contributed by atoms with van der Waals surface area (Å²) in [5.41, 5.74) is -2.47. The van der Waals surface area contributed by atoms with Crippen molar-refractivity contribution in [2.24, 2.45) is 0 Å². The molecule has 0 unspecified atom stereocenters. The average molecular weight is 351 g/mol. The molecule has 128 valence electrons. The molecule has 1 aromatic heterocycles. The van der Waals surface area contributed by atoms with Crippen molar-refractivity contribution < 1.29 is 26.8 Å². The SMILES string of the molecule is O=C(Nc1ccccc1C(F)(F)F)c1cc2ccc(F)cc2c(=O)o1. The predicted octanol–water partition coefficient (Wildman–Crippen LogP) is 4.20. The second-order valence-corrected chi connectivity index (χ2v) is 5.13. The molecule has 0 aliphatic heterocycles. The summed E-state index contributed by atoms with van der Waals surface area (Å²) in [6, 6.07) is 8.85. The number of benzene rings is 2. The Morgan fingerprint density at radius 3 is 2.48 bits per heavy atom. The van der Waals surface area contributed by atoms with Crippen molar-refractivity contribution in [3.63, 3.8) is 0 Å². The highest BCUT2D eigenvalue weighted by Crippen LogP contribution is 2.34. The van der Waals surface area contributed by atoms with Crippen molar-refractivity contribution in [3.8, 4) is 0 Å². The van der Waals surface area contributed by atoms with Gasteiger partial charge in [0.1, 0.15) is 5.82 Å². The van der Waals surface area contributed by atoms with Gasteiger partial charge in [-0.05, 0) is 35.7 Å². The number of fused-ring (bicyclic) bond motifs is 1. The lowest BCUT2D eigenvalue weighted by Crippen LogP contribution is -2.18. The summed E-state index contributed by atoms with van der Waals surface area (Å²) in [6.45, 7) is 0. The van der Waals surface area contributed by atoms with E-state index in [2.05, 4.69) is 5.32 Å². The van der Waals surface area contributed by atoms with E-state index in [4.69, 9.17) is 4.42 Å². The van der Waals surface area contributed by atoms with Gasteiger partial charge in [-0.1, -0.05) is 18.2 Å². The first-order chi connectivity index (χ1) is 11.8. The Bertz CT molecular complexity index is 1020. The van der Waals surface area contributed by atoms with Gasteiger partial charge in [-0.2, -0.15) is 13.2 Å². The largest absolute Gasteiger partial charge is 0.418 e. The summed E-state index contributed by atoms with van der Waals surface area (Å²) >= 11 is 0. The first kappa shape index (κ1) is 16.7. The first-order valence-corrected chi connectivity index (χ1v) is 6.97. The molecule has 8 heteroatoms. The van der Waals surface area contributed by atoms with Gasteiger partial charge in [0.15, 0.2) is 5.76 Å². The molecule has 0 aliphatic rings. The van der Waals surface area contributed by atoms with E-state index in [0.29, 0.717) is 0 Å². The van der Waals surface area contributed by atoms with Gasteiger partial charge in [0.05, 0.1) is 16.6 Å². The number of halogens is 4. The molecule has 0 atom stereocenters. The fourth-order valence-corrected chi connectivity index (χ4v) is 2.29. The van der Waals surface area contributed by atoms with Gasteiger partial charge in [-0.25, -0.2) is 9.18 Å². The zero-order valence-electron chi connectivity index (χ0n) is 12.4. The number of rotatable bonds is 2. The minimum absolute atomic E-state index is 0.0766. The van der Waals surface area contributed by atoms with Crippen LogP contribution in [-0.2, 0) is 6.18 Å². The summed E-state index contributed by atoms with van der Waals surface area (Å²) in [5, 5.41) is 2.22. The minimum atomic E-state index is -4.66. The van der Waals surface area contributed by atoms with Crippen LogP contribution in [-0.4, -0.2) is 5.91 Å².